The van der Waals surface area contributed by atoms with Crippen LogP contribution >= 0.6 is 11.8 Å². The summed E-state index contributed by atoms with van der Waals surface area (Å²) in [5.74, 6) is 0.680. The number of rotatable bonds is 7. The van der Waals surface area contributed by atoms with Crippen LogP contribution in [0.3, 0.4) is 0 Å². The minimum atomic E-state index is -4.35. The maximum Gasteiger partial charge on any atom is 0.446 e. The van der Waals surface area contributed by atoms with Gasteiger partial charge in [0.1, 0.15) is 11.5 Å². The zero-order valence-corrected chi connectivity index (χ0v) is 12.7. The molecule has 1 saturated carbocycles. The van der Waals surface area contributed by atoms with Crippen molar-refractivity contribution >= 4 is 11.8 Å². The molecule has 0 unspecified atom stereocenters. The van der Waals surface area contributed by atoms with Crippen molar-refractivity contribution in [3.8, 4) is 11.5 Å². The molecule has 1 aliphatic rings. The van der Waals surface area contributed by atoms with E-state index >= 15 is 0 Å². The molecule has 1 fully saturated rings. The highest BCUT2D eigenvalue weighted by Gasteiger charge is 2.31. The number of alkyl halides is 3. The van der Waals surface area contributed by atoms with Gasteiger partial charge in [-0.1, -0.05) is 0 Å². The van der Waals surface area contributed by atoms with Gasteiger partial charge in [0, 0.05) is 6.04 Å². The van der Waals surface area contributed by atoms with E-state index in [-0.39, 0.29) is 22.4 Å². The summed E-state index contributed by atoms with van der Waals surface area (Å²) in [5.41, 5.74) is -3.51. The van der Waals surface area contributed by atoms with Crippen LogP contribution in [0.2, 0.25) is 0 Å². The molecule has 1 aliphatic carbocycles. The lowest BCUT2D eigenvalue weighted by atomic mass is 10.1. The summed E-state index contributed by atoms with van der Waals surface area (Å²) in [6.07, 6.45) is 3.08. The number of methoxy groups -OCH3 is 2. The fourth-order valence-electron chi connectivity index (χ4n) is 2.03. The minimum absolute atomic E-state index is 0.0146. The number of hydrogen-bond donors (Lipinski definition) is 1. The molecule has 21 heavy (non-hydrogen) atoms. The van der Waals surface area contributed by atoms with Crippen LogP contribution in [0.5, 0.6) is 11.5 Å². The first-order chi connectivity index (χ1) is 9.93. The molecule has 7 heteroatoms. The van der Waals surface area contributed by atoms with Crippen molar-refractivity contribution in [3.05, 3.63) is 17.7 Å². The molecular weight excluding hydrogens is 303 g/mol. The molecule has 0 spiro atoms. The van der Waals surface area contributed by atoms with Crippen molar-refractivity contribution in [1.82, 2.24) is 5.32 Å². The van der Waals surface area contributed by atoms with Gasteiger partial charge in [-0.05, 0) is 55.3 Å². The summed E-state index contributed by atoms with van der Waals surface area (Å²) in [6.45, 7) is 0.774. The molecule has 0 radical (unpaired) electrons. The zero-order chi connectivity index (χ0) is 15.5. The Labute approximate surface area is 126 Å². The number of halogens is 3. The van der Waals surface area contributed by atoms with Crippen molar-refractivity contribution in [1.29, 1.82) is 0 Å². The summed E-state index contributed by atoms with van der Waals surface area (Å²) >= 11 is -0.192. The van der Waals surface area contributed by atoms with Crippen LogP contribution in [0, 0.1) is 0 Å². The van der Waals surface area contributed by atoms with Crippen LogP contribution in [-0.2, 0) is 6.42 Å². The summed E-state index contributed by atoms with van der Waals surface area (Å²) in [7, 11) is 2.83. The number of benzene rings is 1. The van der Waals surface area contributed by atoms with Gasteiger partial charge >= 0.3 is 5.51 Å². The first kappa shape index (κ1) is 16.3. The molecule has 0 aliphatic heterocycles. The summed E-state index contributed by atoms with van der Waals surface area (Å²) in [4.78, 5) is 0.0146. The third-order valence-corrected chi connectivity index (χ3v) is 3.97. The summed E-state index contributed by atoms with van der Waals surface area (Å²) < 4.78 is 47.9. The van der Waals surface area contributed by atoms with Crippen molar-refractivity contribution in [3.63, 3.8) is 0 Å². The second-order valence-corrected chi connectivity index (χ2v) is 5.95. The fraction of sp³-hybridized carbons (Fsp3) is 0.571. The number of ether oxygens (including phenoxy) is 2. The molecule has 0 atom stereocenters. The number of hydrogen-bond acceptors (Lipinski definition) is 4. The van der Waals surface area contributed by atoms with E-state index < -0.39 is 5.51 Å². The standard InChI is InChI=1S/C14H18F3NO2S/c1-19-11-8-13(21-14(15,16)17)12(20-2)7-9(11)5-6-18-10-3-4-10/h7-8,10,18H,3-6H2,1-2H3. The van der Waals surface area contributed by atoms with E-state index in [1.54, 1.807) is 6.07 Å². The average Bonchev–Trinajstić information content (AvgIpc) is 3.22. The van der Waals surface area contributed by atoms with E-state index in [4.69, 9.17) is 9.47 Å². The maximum atomic E-state index is 12.5. The van der Waals surface area contributed by atoms with Crippen molar-refractivity contribution in [2.24, 2.45) is 0 Å². The van der Waals surface area contributed by atoms with Gasteiger partial charge in [0.25, 0.3) is 0 Å². The van der Waals surface area contributed by atoms with E-state index in [0.29, 0.717) is 18.2 Å². The number of nitrogens with one attached hydrogen (secondary N) is 1. The molecule has 1 N–H and O–H groups in total. The van der Waals surface area contributed by atoms with Crippen LogP contribution in [-0.4, -0.2) is 32.3 Å². The predicted octanol–water partition coefficient (Wildman–Crippen LogP) is 3.61. The third kappa shape index (κ3) is 5.00. The summed E-state index contributed by atoms with van der Waals surface area (Å²) in [6, 6.07) is 3.61. The Morgan fingerprint density at radius 1 is 1.19 bits per heavy atom. The molecule has 118 valence electrons. The van der Waals surface area contributed by atoms with Gasteiger partial charge in [0.05, 0.1) is 19.1 Å². The lowest BCUT2D eigenvalue weighted by Crippen LogP contribution is -2.19. The highest BCUT2D eigenvalue weighted by atomic mass is 32.2. The van der Waals surface area contributed by atoms with Crippen LogP contribution < -0.4 is 14.8 Å². The molecule has 3 nitrogen and oxygen atoms in total. The topological polar surface area (TPSA) is 30.5 Å². The highest BCUT2D eigenvalue weighted by Crippen LogP contribution is 2.44. The van der Waals surface area contributed by atoms with Crippen molar-refractivity contribution in [2.75, 3.05) is 20.8 Å². The molecule has 0 amide bonds. The van der Waals surface area contributed by atoms with Gasteiger partial charge in [0.2, 0.25) is 0 Å². The molecular formula is C14H18F3NO2S. The Morgan fingerprint density at radius 3 is 2.38 bits per heavy atom. The fourth-order valence-corrected chi connectivity index (χ4v) is 2.69. The second kappa shape index (κ2) is 6.79. The minimum Gasteiger partial charge on any atom is -0.496 e. The van der Waals surface area contributed by atoms with Gasteiger partial charge in [0.15, 0.2) is 0 Å². The normalized spacial score (nSPS) is 15.1. The maximum absolute atomic E-state index is 12.5. The van der Waals surface area contributed by atoms with Crippen LogP contribution in [0.15, 0.2) is 17.0 Å². The van der Waals surface area contributed by atoms with E-state index in [9.17, 15) is 13.2 Å². The van der Waals surface area contributed by atoms with Crippen LogP contribution in [0.4, 0.5) is 13.2 Å². The highest BCUT2D eigenvalue weighted by molar-refractivity contribution is 8.00. The average molecular weight is 321 g/mol. The first-order valence-electron chi connectivity index (χ1n) is 6.67. The van der Waals surface area contributed by atoms with Gasteiger partial charge in [-0.2, -0.15) is 13.2 Å². The van der Waals surface area contributed by atoms with E-state index in [1.165, 1.54) is 33.1 Å². The van der Waals surface area contributed by atoms with Crippen molar-refractivity contribution < 1.29 is 22.6 Å². The molecule has 0 aromatic heterocycles. The summed E-state index contributed by atoms with van der Waals surface area (Å²) in [5, 5.41) is 3.37. The van der Waals surface area contributed by atoms with Gasteiger partial charge in [-0.25, -0.2) is 0 Å². The quantitative estimate of drug-likeness (QED) is 0.777. The first-order valence-corrected chi connectivity index (χ1v) is 7.48. The largest absolute Gasteiger partial charge is 0.496 e. The molecule has 0 heterocycles. The van der Waals surface area contributed by atoms with Gasteiger partial charge in [-0.15, -0.1) is 0 Å². The Morgan fingerprint density at radius 2 is 1.86 bits per heavy atom. The molecule has 1 aromatic carbocycles. The van der Waals surface area contributed by atoms with Crippen molar-refractivity contribution in [2.45, 2.75) is 35.7 Å². The van der Waals surface area contributed by atoms with E-state index in [0.717, 1.165) is 12.1 Å². The smallest absolute Gasteiger partial charge is 0.446 e. The van der Waals surface area contributed by atoms with Gasteiger partial charge < -0.3 is 14.8 Å². The third-order valence-electron chi connectivity index (χ3n) is 3.20. The van der Waals surface area contributed by atoms with Gasteiger partial charge in [-0.3, -0.25) is 0 Å². The van der Waals surface area contributed by atoms with Crippen LogP contribution in [0.25, 0.3) is 0 Å². The van der Waals surface area contributed by atoms with Crippen LogP contribution in [0.1, 0.15) is 18.4 Å². The Balaban J connectivity index is 2.15. The Hall–Kier alpha value is -1.08. The number of thioether (sulfide) groups is 1. The van der Waals surface area contributed by atoms with E-state index in [1.807, 2.05) is 0 Å². The SMILES string of the molecule is COc1cc(SC(F)(F)F)c(OC)cc1CCNC1CC1. The Kier molecular flexibility index (Phi) is 5.27. The molecule has 1 aromatic rings. The van der Waals surface area contributed by atoms with E-state index in [2.05, 4.69) is 5.32 Å². The zero-order valence-electron chi connectivity index (χ0n) is 11.9. The predicted molar refractivity (Wildman–Crippen MR) is 76.2 cm³/mol. The molecule has 0 saturated heterocycles. The molecule has 0 bridgehead atoms. The lowest BCUT2D eigenvalue weighted by Gasteiger charge is -2.15. The Bertz CT molecular complexity index is 490. The lowest BCUT2D eigenvalue weighted by molar-refractivity contribution is -0.0328. The monoisotopic (exact) mass is 321 g/mol. The second-order valence-electron chi connectivity index (χ2n) is 4.84. The molecule has 2 rings (SSSR count).